The van der Waals surface area contributed by atoms with Crippen LogP contribution >= 0.6 is 0 Å². The fourth-order valence-corrected chi connectivity index (χ4v) is 2.73. The van der Waals surface area contributed by atoms with Crippen molar-refractivity contribution in [3.63, 3.8) is 0 Å². The van der Waals surface area contributed by atoms with Crippen LogP contribution in [-0.2, 0) is 0 Å². The zero-order valence-electron chi connectivity index (χ0n) is 18.5. The summed E-state index contributed by atoms with van der Waals surface area (Å²) < 4.78 is 17.3. The highest BCUT2D eigenvalue weighted by atomic mass is 16.5. The van der Waals surface area contributed by atoms with Crippen LogP contribution in [0.3, 0.4) is 0 Å². The second-order valence-electron chi connectivity index (χ2n) is 7.17. The van der Waals surface area contributed by atoms with Crippen LogP contribution < -0.4 is 14.2 Å². The molecule has 30 heavy (non-hydrogen) atoms. The van der Waals surface area contributed by atoms with Crippen molar-refractivity contribution >= 4 is 11.9 Å². The minimum atomic E-state index is -0.0557. The highest BCUT2D eigenvalue weighted by Crippen LogP contribution is 2.27. The maximum Gasteiger partial charge on any atom is 0.185 e. The Bertz CT molecular complexity index is 793. The van der Waals surface area contributed by atoms with Crippen LogP contribution in [0.5, 0.6) is 17.2 Å². The van der Waals surface area contributed by atoms with Crippen LogP contribution in [0.2, 0.25) is 0 Å². The number of allylic oxidation sites excluding steroid dienone is 1. The zero-order chi connectivity index (χ0) is 21.6. The summed E-state index contributed by atoms with van der Waals surface area (Å²) in [6.45, 7) is 8.34. The van der Waals surface area contributed by atoms with Gasteiger partial charge in [-0.05, 0) is 67.8 Å². The Labute approximate surface area is 180 Å². The molecule has 0 atom stereocenters. The van der Waals surface area contributed by atoms with E-state index in [0.717, 1.165) is 54.9 Å². The Hall–Kier alpha value is -2.75. The summed E-state index contributed by atoms with van der Waals surface area (Å²) in [5.41, 5.74) is 1.49. The average molecular weight is 411 g/mol. The SMILES string of the molecule is CCCCOc1ccc(C=CC(=O)c2ccc(OCCC)cc2)c(OCCCC)c1. The summed E-state index contributed by atoms with van der Waals surface area (Å²) in [7, 11) is 0. The molecule has 4 nitrogen and oxygen atoms in total. The maximum atomic E-state index is 12.6. The highest BCUT2D eigenvalue weighted by molar-refractivity contribution is 6.07. The fourth-order valence-electron chi connectivity index (χ4n) is 2.73. The van der Waals surface area contributed by atoms with Gasteiger partial charge in [-0.2, -0.15) is 0 Å². The van der Waals surface area contributed by atoms with Crippen molar-refractivity contribution in [1.29, 1.82) is 0 Å². The molecule has 0 radical (unpaired) electrons. The molecule has 0 spiro atoms. The Morgan fingerprint density at radius 2 is 1.40 bits per heavy atom. The number of ether oxygens (including phenoxy) is 3. The molecular formula is C26H34O4. The summed E-state index contributed by atoms with van der Waals surface area (Å²) in [4.78, 5) is 12.6. The van der Waals surface area contributed by atoms with E-state index in [-0.39, 0.29) is 5.78 Å². The van der Waals surface area contributed by atoms with Gasteiger partial charge in [0.25, 0.3) is 0 Å². The lowest BCUT2D eigenvalue weighted by Crippen LogP contribution is -2.01. The number of ketones is 1. The molecular weight excluding hydrogens is 376 g/mol. The number of hydrogen-bond acceptors (Lipinski definition) is 4. The summed E-state index contributed by atoms with van der Waals surface area (Å²) in [5, 5.41) is 0. The van der Waals surface area contributed by atoms with Crippen molar-refractivity contribution in [1.82, 2.24) is 0 Å². The predicted octanol–water partition coefficient (Wildman–Crippen LogP) is 6.73. The molecule has 2 aromatic carbocycles. The van der Waals surface area contributed by atoms with E-state index in [1.54, 1.807) is 24.3 Å². The molecule has 162 valence electrons. The van der Waals surface area contributed by atoms with Crippen molar-refractivity contribution < 1.29 is 19.0 Å². The van der Waals surface area contributed by atoms with Crippen molar-refractivity contribution in [2.75, 3.05) is 19.8 Å². The lowest BCUT2D eigenvalue weighted by molar-refractivity contribution is 0.104. The molecule has 0 aliphatic heterocycles. The first-order chi connectivity index (χ1) is 14.7. The van der Waals surface area contributed by atoms with Crippen LogP contribution in [0.4, 0.5) is 0 Å². The summed E-state index contributed by atoms with van der Waals surface area (Å²) in [5.74, 6) is 2.26. The van der Waals surface area contributed by atoms with E-state index in [9.17, 15) is 4.79 Å². The molecule has 0 aliphatic rings. The largest absolute Gasteiger partial charge is 0.494 e. The molecule has 0 fully saturated rings. The van der Waals surface area contributed by atoms with Gasteiger partial charge in [0, 0.05) is 17.2 Å². The van der Waals surface area contributed by atoms with E-state index in [1.807, 2.05) is 30.3 Å². The number of carbonyl (C=O) groups excluding carboxylic acids is 1. The van der Waals surface area contributed by atoms with Crippen molar-refractivity contribution in [2.45, 2.75) is 52.9 Å². The summed E-state index contributed by atoms with van der Waals surface area (Å²) in [6, 6.07) is 13.0. The van der Waals surface area contributed by atoms with Crippen LogP contribution in [0.25, 0.3) is 6.08 Å². The summed E-state index contributed by atoms with van der Waals surface area (Å²) in [6.07, 6.45) is 8.50. The molecule has 0 heterocycles. The van der Waals surface area contributed by atoms with Gasteiger partial charge in [-0.15, -0.1) is 0 Å². The zero-order valence-corrected chi connectivity index (χ0v) is 18.5. The first-order valence-electron chi connectivity index (χ1n) is 11.0. The number of carbonyl (C=O) groups is 1. The number of hydrogen-bond donors (Lipinski definition) is 0. The van der Waals surface area contributed by atoms with Crippen LogP contribution in [0.15, 0.2) is 48.5 Å². The van der Waals surface area contributed by atoms with Gasteiger partial charge in [0.05, 0.1) is 19.8 Å². The van der Waals surface area contributed by atoms with E-state index in [0.29, 0.717) is 25.4 Å². The van der Waals surface area contributed by atoms with E-state index < -0.39 is 0 Å². The second kappa shape index (κ2) is 13.5. The number of benzene rings is 2. The molecule has 0 saturated heterocycles. The summed E-state index contributed by atoms with van der Waals surface area (Å²) >= 11 is 0. The number of unbranched alkanes of at least 4 members (excludes halogenated alkanes) is 2. The lowest BCUT2D eigenvalue weighted by Gasteiger charge is -2.12. The molecule has 0 unspecified atom stereocenters. The average Bonchev–Trinajstić information content (AvgIpc) is 2.77. The van der Waals surface area contributed by atoms with Crippen molar-refractivity contribution in [2.24, 2.45) is 0 Å². The van der Waals surface area contributed by atoms with Gasteiger partial charge in [0.2, 0.25) is 0 Å². The normalized spacial score (nSPS) is 10.9. The molecule has 0 aromatic heterocycles. The monoisotopic (exact) mass is 410 g/mol. The molecule has 0 saturated carbocycles. The van der Waals surface area contributed by atoms with Crippen molar-refractivity contribution in [3.8, 4) is 17.2 Å². The van der Waals surface area contributed by atoms with Crippen LogP contribution in [0.1, 0.15) is 68.8 Å². The third kappa shape index (κ3) is 7.94. The van der Waals surface area contributed by atoms with Crippen molar-refractivity contribution in [3.05, 3.63) is 59.7 Å². The first kappa shape index (κ1) is 23.5. The quantitative estimate of drug-likeness (QED) is 0.197. The first-order valence-corrected chi connectivity index (χ1v) is 11.0. The molecule has 0 amide bonds. The number of rotatable bonds is 14. The molecule has 2 rings (SSSR count). The Balaban J connectivity index is 2.09. The fraction of sp³-hybridized carbons (Fsp3) is 0.423. The van der Waals surface area contributed by atoms with E-state index >= 15 is 0 Å². The molecule has 4 heteroatoms. The van der Waals surface area contributed by atoms with E-state index in [4.69, 9.17) is 14.2 Å². The van der Waals surface area contributed by atoms with Gasteiger partial charge < -0.3 is 14.2 Å². The third-order valence-electron chi connectivity index (χ3n) is 4.53. The van der Waals surface area contributed by atoms with Gasteiger partial charge in [0.15, 0.2) is 5.78 Å². The van der Waals surface area contributed by atoms with Gasteiger partial charge in [-0.1, -0.05) is 33.6 Å². The second-order valence-corrected chi connectivity index (χ2v) is 7.17. The third-order valence-corrected chi connectivity index (χ3v) is 4.53. The lowest BCUT2D eigenvalue weighted by atomic mass is 10.1. The molecule has 0 N–H and O–H groups in total. The predicted molar refractivity (Wildman–Crippen MR) is 123 cm³/mol. The van der Waals surface area contributed by atoms with Gasteiger partial charge in [-0.3, -0.25) is 4.79 Å². The topological polar surface area (TPSA) is 44.8 Å². The smallest absolute Gasteiger partial charge is 0.185 e. The molecule has 0 aliphatic carbocycles. The molecule has 0 bridgehead atoms. The Kier molecular flexibility index (Phi) is 10.6. The van der Waals surface area contributed by atoms with Gasteiger partial charge in [-0.25, -0.2) is 0 Å². The van der Waals surface area contributed by atoms with E-state index in [2.05, 4.69) is 20.8 Å². The highest BCUT2D eigenvalue weighted by Gasteiger charge is 2.07. The minimum Gasteiger partial charge on any atom is -0.494 e. The Morgan fingerprint density at radius 1 is 0.767 bits per heavy atom. The standard InChI is InChI=1S/C26H34O4/c1-4-7-18-29-24-15-11-22(26(20-24)30-19-8-5-2)12-16-25(27)21-9-13-23(14-10-21)28-17-6-3/h9-16,20H,4-8,17-19H2,1-3H3. The van der Waals surface area contributed by atoms with Crippen LogP contribution in [0, 0.1) is 0 Å². The maximum absolute atomic E-state index is 12.6. The minimum absolute atomic E-state index is 0.0557. The van der Waals surface area contributed by atoms with Crippen LogP contribution in [-0.4, -0.2) is 25.6 Å². The van der Waals surface area contributed by atoms with E-state index in [1.165, 1.54) is 0 Å². The van der Waals surface area contributed by atoms with Gasteiger partial charge in [0.1, 0.15) is 17.2 Å². The van der Waals surface area contributed by atoms with Gasteiger partial charge >= 0.3 is 0 Å². The molecule has 2 aromatic rings. The Morgan fingerprint density at radius 3 is 2.07 bits per heavy atom.